The van der Waals surface area contributed by atoms with Crippen LogP contribution in [0.25, 0.3) is 0 Å². The average Bonchev–Trinajstić information content (AvgIpc) is 2.16. The van der Waals surface area contributed by atoms with Crippen LogP contribution in [0.5, 0.6) is 5.75 Å². The molecule has 2 rings (SSSR count). The van der Waals surface area contributed by atoms with Crippen LogP contribution < -0.4 is 10.1 Å². The fourth-order valence-corrected chi connectivity index (χ4v) is 1.54. The van der Waals surface area contributed by atoms with Crippen LogP contribution in [0, 0.1) is 0 Å². The number of nitrogens with one attached hydrogen (secondary N) is 1. The third kappa shape index (κ3) is 1.94. The predicted molar refractivity (Wildman–Crippen MR) is 54.8 cm³/mol. The number of hydrogen-bond acceptors (Lipinski definition) is 2. The lowest BCUT2D eigenvalue weighted by atomic mass is 10.0. The third-order valence-electron chi connectivity index (χ3n) is 2.47. The third-order valence-corrected chi connectivity index (χ3v) is 2.47. The van der Waals surface area contributed by atoms with Crippen molar-refractivity contribution < 1.29 is 22.7 Å². The highest BCUT2D eigenvalue weighted by atomic mass is 19.4. The van der Waals surface area contributed by atoms with E-state index in [1.807, 2.05) is 0 Å². The van der Waals surface area contributed by atoms with E-state index in [1.165, 1.54) is 26.0 Å². The molecule has 1 aromatic carbocycles. The van der Waals surface area contributed by atoms with Crippen molar-refractivity contribution in [2.75, 3.05) is 5.32 Å². The number of alkyl halides is 3. The molecule has 0 fully saturated rings. The molecule has 0 spiro atoms. The Balaban J connectivity index is 2.57. The maximum Gasteiger partial charge on any atom is 0.420 e. The van der Waals surface area contributed by atoms with Gasteiger partial charge in [0.15, 0.2) is 11.4 Å². The smallest absolute Gasteiger partial charge is 0.420 e. The molecule has 6 heteroatoms. The number of para-hydroxylation sites is 1. The number of anilines is 1. The summed E-state index contributed by atoms with van der Waals surface area (Å²) in [6.07, 6.45) is -4.51. The van der Waals surface area contributed by atoms with Gasteiger partial charge in [-0.1, -0.05) is 6.07 Å². The summed E-state index contributed by atoms with van der Waals surface area (Å²) in [6.45, 7) is 2.83. The first-order valence-electron chi connectivity index (χ1n) is 4.92. The van der Waals surface area contributed by atoms with Gasteiger partial charge in [-0.15, -0.1) is 0 Å². The van der Waals surface area contributed by atoms with Crippen molar-refractivity contribution in [1.82, 2.24) is 0 Å². The molecule has 1 heterocycles. The maximum absolute atomic E-state index is 12.7. The van der Waals surface area contributed by atoms with E-state index in [0.717, 1.165) is 6.07 Å². The second-order valence-electron chi connectivity index (χ2n) is 4.25. The lowest BCUT2D eigenvalue weighted by molar-refractivity contribution is -0.142. The highest BCUT2D eigenvalue weighted by molar-refractivity contribution is 6.00. The molecule has 0 unspecified atom stereocenters. The number of carbonyl (C=O) groups excluding carboxylic acids is 1. The van der Waals surface area contributed by atoms with Crippen LogP contribution in [-0.2, 0) is 11.0 Å². The molecule has 1 aromatic rings. The van der Waals surface area contributed by atoms with Crippen molar-refractivity contribution in [2.24, 2.45) is 0 Å². The Labute approximate surface area is 95.6 Å². The molecule has 1 aliphatic heterocycles. The summed E-state index contributed by atoms with van der Waals surface area (Å²) in [4.78, 5) is 11.5. The normalized spacial score (nSPS) is 18.1. The summed E-state index contributed by atoms with van der Waals surface area (Å²) in [7, 11) is 0. The minimum absolute atomic E-state index is 0.0455. The van der Waals surface area contributed by atoms with Crippen LogP contribution in [0.3, 0.4) is 0 Å². The highest BCUT2D eigenvalue weighted by Gasteiger charge is 2.42. The van der Waals surface area contributed by atoms with Gasteiger partial charge in [0.05, 0.1) is 11.3 Å². The van der Waals surface area contributed by atoms with E-state index in [9.17, 15) is 18.0 Å². The van der Waals surface area contributed by atoms with Gasteiger partial charge in [-0.2, -0.15) is 13.2 Å². The molecule has 0 bridgehead atoms. The Morgan fingerprint density at radius 3 is 2.53 bits per heavy atom. The number of fused-ring (bicyclic) bond motifs is 1. The highest BCUT2D eigenvalue weighted by Crippen LogP contribution is 2.43. The van der Waals surface area contributed by atoms with Gasteiger partial charge < -0.3 is 10.1 Å². The van der Waals surface area contributed by atoms with Crippen LogP contribution in [0.1, 0.15) is 19.4 Å². The van der Waals surface area contributed by atoms with Gasteiger partial charge in [-0.25, -0.2) is 0 Å². The van der Waals surface area contributed by atoms with E-state index in [0.29, 0.717) is 0 Å². The number of carbonyl (C=O) groups is 1. The standard InChI is InChI=1S/C11H10F3NO2/c1-10(2)9(16)15-7-5-3-4-6(8(7)17-10)11(12,13)14/h3-5H,1-2H3,(H,15,16). The van der Waals surface area contributed by atoms with Crippen LogP contribution in [-0.4, -0.2) is 11.5 Å². The monoisotopic (exact) mass is 245 g/mol. The molecule has 0 saturated heterocycles. The molecule has 0 aromatic heterocycles. The SMILES string of the molecule is CC1(C)Oc2c(cccc2C(F)(F)F)NC1=O. The fraction of sp³-hybridized carbons (Fsp3) is 0.364. The van der Waals surface area contributed by atoms with Gasteiger partial charge in [0.2, 0.25) is 0 Å². The Morgan fingerprint density at radius 1 is 1.29 bits per heavy atom. The Bertz CT molecular complexity index is 480. The molecule has 0 atom stereocenters. The Morgan fingerprint density at radius 2 is 1.94 bits per heavy atom. The van der Waals surface area contributed by atoms with Gasteiger partial charge in [-0.3, -0.25) is 4.79 Å². The van der Waals surface area contributed by atoms with Crippen molar-refractivity contribution in [2.45, 2.75) is 25.6 Å². The molecule has 1 amide bonds. The molecule has 17 heavy (non-hydrogen) atoms. The van der Waals surface area contributed by atoms with Crippen LogP contribution in [0.15, 0.2) is 18.2 Å². The number of hydrogen-bond donors (Lipinski definition) is 1. The van der Waals surface area contributed by atoms with Crippen molar-refractivity contribution in [1.29, 1.82) is 0 Å². The minimum Gasteiger partial charge on any atom is -0.475 e. The molecule has 92 valence electrons. The summed E-state index contributed by atoms with van der Waals surface area (Å²) in [6, 6.07) is 3.52. The van der Waals surface area contributed by atoms with Crippen LogP contribution in [0.2, 0.25) is 0 Å². The number of ether oxygens (including phenoxy) is 1. The Kier molecular flexibility index (Phi) is 2.34. The zero-order valence-electron chi connectivity index (χ0n) is 9.18. The fourth-order valence-electron chi connectivity index (χ4n) is 1.54. The molecular weight excluding hydrogens is 235 g/mol. The van der Waals surface area contributed by atoms with Gasteiger partial charge >= 0.3 is 6.18 Å². The lowest BCUT2D eigenvalue weighted by Gasteiger charge is -2.33. The van der Waals surface area contributed by atoms with Crippen molar-refractivity contribution in [3.05, 3.63) is 23.8 Å². The molecule has 1 N–H and O–H groups in total. The van der Waals surface area contributed by atoms with Gasteiger partial charge in [0, 0.05) is 0 Å². The summed E-state index contributed by atoms with van der Waals surface area (Å²) in [5, 5.41) is 2.40. The minimum atomic E-state index is -4.51. The van der Waals surface area contributed by atoms with E-state index in [1.54, 1.807) is 0 Å². The van der Waals surface area contributed by atoms with Gasteiger partial charge in [-0.05, 0) is 26.0 Å². The van der Waals surface area contributed by atoms with Gasteiger partial charge in [0.1, 0.15) is 0 Å². The summed E-state index contributed by atoms with van der Waals surface area (Å²) in [5.74, 6) is -0.797. The quantitative estimate of drug-likeness (QED) is 0.763. The van der Waals surface area contributed by atoms with E-state index in [-0.39, 0.29) is 11.4 Å². The lowest BCUT2D eigenvalue weighted by Crippen LogP contribution is -2.46. The summed E-state index contributed by atoms with van der Waals surface area (Å²) in [5.41, 5.74) is -2.15. The number of rotatable bonds is 0. The van der Waals surface area contributed by atoms with Crippen LogP contribution >= 0.6 is 0 Å². The first kappa shape index (κ1) is 11.8. The van der Waals surface area contributed by atoms with Crippen molar-refractivity contribution in [3.8, 4) is 5.75 Å². The number of halogens is 3. The number of benzene rings is 1. The molecule has 0 saturated carbocycles. The molecular formula is C11H10F3NO2. The van der Waals surface area contributed by atoms with E-state index >= 15 is 0 Å². The second-order valence-corrected chi connectivity index (χ2v) is 4.25. The average molecular weight is 245 g/mol. The second kappa shape index (κ2) is 3.38. The zero-order valence-corrected chi connectivity index (χ0v) is 9.18. The van der Waals surface area contributed by atoms with Crippen molar-refractivity contribution >= 4 is 11.6 Å². The first-order chi connectivity index (χ1) is 7.72. The predicted octanol–water partition coefficient (Wildman–Crippen LogP) is 2.81. The topological polar surface area (TPSA) is 38.3 Å². The zero-order chi connectivity index (χ0) is 12.8. The summed E-state index contributed by atoms with van der Waals surface area (Å²) >= 11 is 0. The van der Waals surface area contributed by atoms with E-state index in [2.05, 4.69) is 5.32 Å². The van der Waals surface area contributed by atoms with E-state index < -0.39 is 23.2 Å². The van der Waals surface area contributed by atoms with Crippen molar-refractivity contribution in [3.63, 3.8) is 0 Å². The molecule has 0 aliphatic carbocycles. The molecule has 0 radical (unpaired) electrons. The first-order valence-corrected chi connectivity index (χ1v) is 4.92. The maximum atomic E-state index is 12.7. The summed E-state index contributed by atoms with van der Waals surface area (Å²) < 4.78 is 43.4. The Hall–Kier alpha value is -1.72. The molecule has 3 nitrogen and oxygen atoms in total. The molecule has 1 aliphatic rings. The number of amides is 1. The van der Waals surface area contributed by atoms with E-state index in [4.69, 9.17) is 4.74 Å². The largest absolute Gasteiger partial charge is 0.475 e. The van der Waals surface area contributed by atoms with Crippen LogP contribution in [0.4, 0.5) is 18.9 Å². The van der Waals surface area contributed by atoms with Gasteiger partial charge in [0.25, 0.3) is 5.91 Å².